The van der Waals surface area contributed by atoms with Gasteiger partial charge in [0, 0.05) is 12.1 Å². The van der Waals surface area contributed by atoms with E-state index in [0.717, 1.165) is 16.3 Å². The summed E-state index contributed by atoms with van der Waals surface area (Å²) in [6.45, 7) is 0.558. The number of nitrogens with zero attached hydrogens (tertiary/aromatic N) is 6. The molecule has 0 aliphatic carbocycles. The van der Waals surface area contributed by atoms with E-state index in [1.807, 2.05) is 0 Å². The van der Waals surface area contributed by atoms with Crippen LogP contribution in [0.4, 0.5) is 8.78 Å². The molecule has 0 saturated carbocycles. The first kappa shape index (κ1) is 19.7. The van der Waals surface area contributed by atoms with E-state index >= 15 is 0 Å². The molecule has 0 spiro atoms. The molecule has 0 radical (unpaired) electrons. The molecule has 3 aromatic heterocycles. The third kappa shape index (κ3) is 3.80. The van der Waals surface area contributed by atoms with Crippen molar-refractivity contribution < 1.29 is 13.5 Å². The van der Waals surface area contributed by atoms with Gasteiger partial charge in [-0.05, 0) is 42.1 Å². The predicted molar refractivity (Wildman–Crippen MR) is 103 cm³/mol. The molecule has 0 N–H and O–H groups in total. The zero-order chi connectivity index (χ0) is 20.5. The standard InChI is InChI=1S/C17H13ClF2N6O2S/c1-28-7-6-25-16(27)10-3-2-9(18)8-11(10)21-17(25)29-13-5-4-12-22-23-15(14(19)20)26(12)24-13/h2-5,8,14H,6-7H2,1H3. The number of halogens is 3. The lowest BCUT2D eigenvalue weighted by molar-refractivity contribution is 0.137. The highest BCUT2D eigenvalue weighted by atomic mass is 35.5. The van der Waals surface area contributed by atoms with Crippen LogP contribution in [-0.4, -0.2) is 43.1 Å². The number of fused-ring (bicyclic) bond motifs is 2. The highest BCUT2D eigenvalue weighted by molar-refractivity contribution is 7.99. The fourth-order valence-corrected chi connectivity index (χ4v) is 3.74. The minimum atomic E-state index is -2.82. The Morgan fingerprint density at radius 1 is 1.24 bits per heavy atom. The minimum Gasteiger partial charge on any atom is -0.383 e. The van der Waals surface area contributed by atoms with E-state index in [0.29, 0.717) is 32.7 Å². The third-order valence-electron chi connectivity index (χ3n) is 4.05. The van der Waals surface area contributed by atoms with Crippen molar-refractivity contribution in [3.63, 3.8) is 0 Å². The van der Waals surface area contributed by atoms with Crippen molar-refractivity contribution in [3.8, 4) is 0 Å². The van der Waals surface area contributed by atoms with Crippen LogP contribution in [0.15, 0.2) is 45.3 Å². The molecule has 0 saturated heterocycles. The van der Waals surface area contributed by atoms with Gasteiger partial charge in [0.1, 0.15) is 5.03 Å². The SMILES string of the molecule is COCCn1c(Sc2ccc3nnc(C(F)F)n3n2)nc2cc(Cl)ccc2c1=O. The molecule has 0 aliphatic heterocycles. The Hall–Kier alpha value is -2.63. The summed E-state index contributed by atoms with van der Waals surface area (Å²) in [5.74, 6) is -0.558. The summed E-state index contributed by atoms with van der Waals surface area (Å²) in [7, 11) is 1.53. The average Bonchev–Trinajstić information content (AvgIpc) is 3.11. The van der Waals surface area contributed by atoms with Crippen molar-refractivity contribution in [2.24, 2.45) is 0 Å². The smallest absolute Gasteiger partial charge is 0.299 e. The maximum atomic E-state index is 13.1. The number of hydrogen-bond acceptors (Lipinski definition) is 7. The molecule has 12 heteroatoms. The summed E-state index contributed by atoms with van der Waals surface area (Å²) in [6, 6.07) is 7.94. The van der Waals surface area contributed by atoms with Gasteiger partial charge in [-0.1, -0.05) is 11.6 Å². The van der Waals surface area contributed by atoms with E-state index < -0.39 is 12.2 Å². The van der Waals surface area contributed by atoms with E-state index in [-0.39, 0.29) is 17.8 Å². The Balaban J connectivity index is 1.83. The van der Waals surface area contributed by atoms with Gasteiger partial charge in [0.15, 0.2) is 10.8 Å². The highest BCUT2D eigenvalue weighted by Gasteiger charge is 2.18. The first-order chi connectivity index (χ1) is 14.0. The summed E-state index contributed by atoms with van der Waals surface area (Å²) in [5, 5.41) is 12.8. The van der Waals surface area contributed by atoms with E-state index in [9.17, 15) is 13.6 Å². The molecule has 29 heavy (non-hydrogen) atoms. The van der Waals surface area contributed by atoms with E-state index in [1.54, 1.807) is 24.3 Å². The van der Waals surface area contributed by atoms with Crippen molar-refractivity contribution in [1.82, 2.24) is 29.4 Å². The second-order valence-corrected chi connectivity index (χ2v) is 7.33. The van der Waals surface area contributed by atoms with Crippen molar-refractivity contribution in [3.05, 3.63) is 51.5 Å². The molecule has 150 valence electrons. The van der Waals surface area contributed by atoms with Crippen LogP contribution < -0.4 is 5.56 Å². The lowest BCUT2D eigenvalue weighted by Crippen LogP contribution is -2.25. The number of benzene rings is 1. The topological polar surface area (TPSA) is 87.2 Å². The molecular weight excluding hydrogens is 426 g/mol. The second kappa shape index (κ2) is 8.01. The molecular formula is C17H13ClF2N6O2S. The summed E-state index contributed by atoms with van der Waals surface area (Å²) in [4.78, 5) is 17.5. The highest BCUT2D eigenvalue weighted by Crippen LogP contribution is 2.27. The second-order valence-electron chi connectivity index (χ2n) is 5.91. The Labute approximate surface area is 171 Å². The Morgan fingerprint density at radius 2 is 2.07 bits per heavy atom. The van der Waals surface area contributed by atoms with Crippen molar-refractivity contribution in [2.75, 3.05) is 13.7 Å². The fourth-order valence-electron chi connectivity index (χ4n) is 2.70. The summed E-state index contributed by atoms with van der Waals surface area (Å²) >= 11 is 7.09. The van der Waals surface area contributed by atoms with Gasteiger partial charge in [-0.15, -0.1) is 10.2 Å². The van der Waals surface area contributed by atoms with E-state index in [4.69, 9.17) is 16.3 Å². The van der Waals surface area contributed by atoms with Crippen LogP contribution in [0, 0.1) is 0 Å². The maximum Gasteiger partial charge on any atom is 0.299 e. The number of hydrogen-bond donors (Lipinski definition) is 0. The quantitative estimate of drug-likeness (QED) is 0.427. The molecule has 4 rings (SSSR count). The molecule has 0 fully saturated rings. The molecule has 4 aromatic rings. The zero-order valence-electron chi connectivity index (χ0n) is 14.9. The first-order valence-corrected chi connectivity index (χ1v) is 9.55. The van der Waals surface area contributed by atoms with Gasteiger partial charge >= 0.3 is 0 Å². The lowest BCUT2D eigenvalue weighted by Gasteiger charge is -2.12. The Kier molecular flexibility index (Phi) is 5.43. The largest absolute Gasteiger partial charge is 0.383 e. The van der Waals surface area contributed by atoms with Gasteiger partial charge in [0.25, 0.3) is 12.0 Å². The Morgan fingerprint density at radius 3 is 2.83 bits per heavy atom. The number of rotatable bonds is 6. The molecule has 3 heterocycles. The molecule has 0 aliphatic rings. The van der Waals surface area contributed by atoms with E-state index in [1.165, 1.54) is 17.7 Å². The van der Waals surface area contributed by atoms with Gasteiger partial charge in [0.05, 0.1) is 24.1 Å². The average molecular weight is 439 g/mol. The molecule has 0 bridgehead atoms. The first-order valence-electron chi connectivity index (χ1n) is 8.35. The molecule has 0 atom stereocenters. The summed E-state index contributed by atoms with van der Waals surface area (Å²) < 4.78 is 33.7. The van der Waals surface area contributed by atoms with E-state index in [2.05, 4.69) is 20.3 Å². The van der Waals surface area contributed by atoms with Crippen LogP contribution in [0.1, 0.15) is 12.2 Å². The van der Waals surface area contributed by atoms with Crippen LogP contribution in [0.2, 0.25) is 5.02 Å². The maximum absolute atomic E-state index is 13.1. The molecule has 1 aromatic carbocycles. The van der Waals surface area contributed by atoms with Crippen LogP contribution in [0.25, 0.3) is 16.6 Å². The summed E-state index contributed by atoms with van der Waals surface area (Å²) in [5.41, 5.74) is 0.363. The van der Waals surface area contributed by atoms with Gasteiger partial charge in [-0.25, -0.2) is 13.8 Å². The number of alkyl halides is 2. The monoisotopic (exact) mass is 438 g/mol. The molecule has 8 nitrogen and oxygen atoms in total. The number of methoxy groups -OCH3 is 1. The molecule has 0 unspecified atom stereocenters. The minimum absolute atomic E-state index is 0.194. The van der Waals surface area contributed by atoms with Gasteiger partial charge in [0.2, 0.25) is 5.82 Å². The Bertz CT molecular complexity index is 1260. The van der Waals surface area contributed by atoms with Gasteiger partial charge in [-0.3, -0.25) is 9.36 Å². The molecule has 0 amide bonds. The number of ether oxygens (including phenoxy) is 1. The van der Waals surface area contributed by atoms with Crippen LogP contribution >= 0.6 is 23.4 Å². The lowest BCUT2D eigenvalue weighted by atomic mass is 10.2. The summed E-state index contributed by atoms with van der Waals surface area (Å²) in [6.07, 6.45) is -2.82. The van der Waals surface area contributed by atoms with Gasteiger partial charge < -0.3 is 4.74 Å². The predicted octanol–water partition coefficient (Wildman–Crippen LogP) is 3.22. The normalized spacial score (nSPS) is 11.8. The van der Waals surface area contributed by atoms with Crippen molar-refractivity contribution in [2.45, 2.75) is 23.2 Å². The fraction of sp³-hybridized carbons (Fsp3) is 0.235. The van der Waals surface area contributed by atoms with Crippen LogP contribution in [0.3, 0.4) is 0 Å². The number of aromatic nitrogens is 6. The van der Waals surface area contributed by atoms with Crippen LogP contribution in [0.5, 0.6) is 0 Å². The van der Waals surface area contributed by atoms with Crippen molar-refractivity contribution in [1.29, 1.82) is 0 Å². The third-order valence-corrected chi connectivity index (χ3v) is 5.21. The van der Waals surface area contributed by atoms with Gasteiger partial charge in [-0.2, -0.15) is 9.61 Å². The van der Waals surface area contributed by atoms with Crippen molar-refractivity contribution >= 4 is 39.9 Å². The van der Waals surface area contributed by atoms with Crippen LogP contribution in [-0.2, 0) is 11.3 Å². The zero-order valence-corrected chi connectivity index (χ0v) is 16.5.